The Morgan fingerprint density at radius 1 is 1.20 bits per heavy atom. The Labute approximate surface area is 119 Å². The number of carboxylic acids is 1. The van der Waals surface area contributed by atoms with Gasteiger partial charge in [0.05, 0.1) is 6.42 Å². The Bertz CT molecular complexity index is 387. The van der Waals surface area contributed by atoms with E-state index in [9.17, 15) is 14.4 Å². The Balaban J connectivity index is 2.44. The highest BCUT2D eigenvalue weighted by Gasteiger charge is 2.28. The molecule has 0 bridgehead atoms. The van der Waals surface area contributed by atoms with Crippen molar-refractivity contribution in [2.24, 2.45) is 5.41 Å². The van der Waals surface area contributed by atoms with Crippen molar-refractivity contribution >= 4 is 17.9 Å². The molecule has 0 unspecified atom stereocenters. The lowest BCUT2D eigenvalue weighted by molar-refractivity contribution is -0.139. The van der Waals surface area contributed by atoms with E-state index in [1.165, 1.54) is 0 Å². The molecule has 0 spiro atoms. The molecule has 0 heterocycles. The van der Waals surface area contributed by atoms with Crippen LogP contribution in [0, 0.1) is 5.41 Å². The number of hydrogen-bond donors (Lipinski definition) is 2. The number of hydrogen-bond acceptors (Lipinski definition) is 3. The number of rotatable bonds is 5. The van der Waals surface area contributed by atoms with Gasteiger partial charge in [0.1, 0.15) is 0 Å². The highest BCUT2D eigenvalue weighted by molar-refractivity contribution is 5.94. The van der Waals surface area contributed by atoms with Crippen molar-refractivity contribution in [3.8, 4) is 0 Å². The van der Waals surface area contributed by atoms with Crippen LogP contribution in [0.15, 0.2) is 0 Å². The molecule has 0 aromatic rings. The molecule has 0 atom stereocenters. The van der Waals surface area contributed by atoms with Crippen molar-refractivity contribution in [3.63, 3.8) is 0 Å². The first kappa shape index (κ1) is 16.5. The number of aliphatic carboxylic acids is 1. The van der Waals surface area contributed by atoms with Crippen LogP contribution in [0.5, 0.6) is 0 Å². The first-order chi connectivity index (χ1) is 9.21. The minimum atomic E-state index is -0.947. The minimum Gasteiger partial charge on any atom is -0.481 e. The normalized spacial score (nSPS) is 15.9. The Kier molecular flexibility index (Phi) is 5.53. The lowest BCUT2D eigenvalue weighted by Gasteiger charge is -2.26. The number of amides is 3. The number of carboxylic acid groups (broad SMARTS) is 1. The number of carbonyl (C=O) groups is 3. The molecule has 2 N–H and O–H groups in total. The van der Waals surface area contributed by atoms with E-state index in [2.05, 4.69) is 5.32 Å². The first-order valence-corrected chi connectivity index (χ1v) is 7.00. The van der Waals surface area contributed by atoms with Crippen LogP contribution in [0.2, 0.25) is 0 Å². The van der Waals surface area contributed by atoms with E-state index in [1.807, 2.05) is 0 Å². The first-order valence-electron chi connectivity index (χ1n) is 7.00. The lowest BCUT2D eigenvalue weighted by Crippen LogP contribution is -2.45. The van der Waals surface area contributed by atoms with Crippen LogP contribution in [0.1, 0.15) is 52.4 Å². The molecule has 0 radical (unpaired) electrons. The number of nitrogens with zero attached hydrogens (tertiary/aromatic N) is 1. The Morgan fingerprint density at radius 2 is 1.75 bits per heavy atom. The zero-order valence-electron chi connectivity index (χ0n) is 12.4. The van der Waals surface area contributed by atoms with Gasteiger partial charge in [-0.05, 0) is 18.3 Å². The number of nitrogens with one attached hydrogen (secondary N) is 1. The molecule has 20 heavy (non-hydrogen) atoms. The van der Waals surface area contributed by atoms with Gasteiger partial charge in [0.25, 0.3) is 0 Å². The van der Waals surface area contributed by atoms with Gasteiger partial charge < -0.3 is 10.0 Å². The quantitative estimate of drug-likeness (QED) is 0.808. The summed E-state index contributed by atoms with van der Waals surface area (Å²) in [6, 6.07) is -0.192. The zero-order chi connectivity index (χ0) is 15.3. The van der Waals surface area contributed by atoms with E-state index in [4.69, 9.17) is 5.11 Å². The highest BCUT2D eigenvalue weighted by atomic mass is 16.4. The summed E-state index contributed by atoms with van der Waals surface area (Å²) in [6.45, 7) is 3.40. The van der Waals surface area contributed by atoms with Crippen molar-refractivity contribution in [2.45, 2.75) is 58.4 Å². The topological polar surface area (TPSA) is 86.7 Å². The predicted octanol–water partition coefficient (Wildman–Crippen LogP) is 1.99. The summed E-state index contributed by atoms with van der Waals surface area (Å²) in [5, 5.41) is 11.1. The van der Waals surface area contributed by atoms with Gasteiger partial charge in [0, 0.05) is 19.5 Å². The van der Waals surface area contributed by atoms with Crippen LogP contribution in [0.4, 0.5) is 4.79 Å². The maximum Gasteiger partial charge on any atom is 0.324 e. The molecule has 3 amide bonds. The smallest absolute Gasteiger partial charge is 0.324 e. The summed E-state index contributed by atoms with van der Waals surface area (Å²) in [5.74, 6) is -1.37. The molecule has 1 aliphatic carbocycles. The summed E-state index contributed by atoms with van der Waals surface area (Å²) in [6.07, 6.45) is 4.09. The van der Waals surface area contributed by atoms with Gasteiger partial charge in [-0.25, -0.2) is 4.79 Å². The van der Waals surface area contributed by atoms with Gasteiger partial charge in [0.2, 0.25) is 5.91 Å². The largest absolute Gasteiger partial charge is 0.481 e. The zero-order valence-corrected chi connectivity index (χ0v) is 12.4. The van der Waals surface area contributed by atoms with Gasteiger partial charge in [-0.2, -0.15) is 0 Å². The second-order valence-corrected chi connectivity index (χ2v) is 6.31. The fraction of sp³-hybridized carbons (Fsp3) is 0.786. The maximum atomic E-state index is 11.9. The Hall–Kier alpha value is -1.59. The van der Waals surface area contributed by atoms with Gasteiger partial charge in [-0.1, -0.05) is 26.7 Å². The maximum absolute atomic E-state index is 11.9. The minimum absolute atomic E-state index is 0.0174. The molecule has 1 saturated carbocycles. The fourth-order valence-corrected chi connectivity index (χ4v) is 2.62. The monoisotopic (exact) mass is 284 g/mol. The van der Waals surface area contributed by atoms with E-state index in [0.29, 0.717) is 0 Å². The van der Waals surface area contributed by atoms with E-state index in [1.54, 1.807) is 25.8 Å². The van der Waals surface area contributed by atoms with E-state index in [0.717, 1.165) is 25.7 Å². The average Bonchev–Trinajstić information content (AvgIpc) is 2.77. The molecule has 1 aliphatic rings. The molecule has 1 rings (SSSR count). The van der Waals surface area contributed by atoms with Crippen LogP contribution >= 0.6 is 0 Å². The molecule has 0 aliphatic heterocycles. The second kappa shape index (κ2) is 6.72. The lowest BCUT2D eigenvalue weighted by atomic mass is 9.85. The molecule has 6 heteroatoms. The molecule has 0 aromatic heterocycles. The predicted molar refractivity (Wildman–Crippen MR) is 74.2 cm³/mol. The van der Waals surface area contributed by atoms with Crippen molar-refractivity contribution in [3.05, 3.63) is 0 Å². The van der Waals surface area contributed by atoms with Crippen LogP contribution in [0.25, 0.3) is 0 Å². The standard InChI is InChI=1S/C14H24N2O4/c1-14(2,9-12(18)19)8-11(17)15-13(20)16(3)10-6-4-5-7-10/h10H,4-9H2,1-3H3,(H,18,19)(H,15,17,20). The van der Waals surface area contributed by atoms with E-state index < -0.39 is 23.3 Å². The van der Waals surface area contributed by atoms with Crippen molar-refractivity contribution in [1.29, 1.82) is 0 Å². The molecule has 6 nitrogen and oxygen atoms in total. The molecule has 0 saturated heterocycles. The third kappa shape index (κ3) is 5.19. The van der Waals surface area contributed by atoms with E-state index >= 15 is 0 Å². The highest BCUT2D eigenvalue weighted by Crippen LogP contribution is 2.25. The Morgan fingerprint density at radius 3 is 2.25 bits per heavy atom. The molecule has 114 valence electrons. The third-order valence-electron chi connectivity index (χ3n) is 3.71. The summed E-state index contributed by atoms with van der Waals surface area (Å²) < 4.78 is 0. The van der Waals surface area contributed by atoms with Crippen LogP contribution in [0.3, 0.4) is 0 Å². The SMILES string of the molecule is CN(C(=O)NC(=O)CC(C)(C)CC(=O)O)C1CCCC1. The van der Waals surface area contributed by atoms with Crippen molar-refractivity contribution in [1.82, 2.24) is 10.2 Å². The van der Waals surface area contributed by atoms with Crippen molar-refractivity contribution < 1.29 is 19.5 Å². The summed E-state index contributed by atoms with van der Waals surface area (Å²) >= 11 is 0. The summed E-state index contributed by atoms with van der Waals surface area (Å²) in [5.41, 5.74) is -0.665. The average molecular weight is 284 g/mol. The van der Waals surface area contributed by atoms with Crippen LogP contribution < -0.4 is 5.32 Å². The number of carbonyl (C=O) groups excluding carboxylic acids is 2. The third-order valence-corrected chi connectivity index (χ3v) is 3.71. The number of imide groups is 1. The molecule has 1 fully saturated rings. The van der Waals surface area contributed by atoms with Gasteiger partial charge >= 0.3 is 12.0 Å². The van der Waals surface area contributed by atoms with Gasteiger partial charge in [0.15, 0.2) is 0 Å². The molecular weight excluding hydrogens is 260 g/mol. The van der Waals surface area contributed by atoms with Crippen LogP contribution in [-0.2, 0) is 9.59 Å². The fourth-order valence-electron chi connectivity index (χ4n) is 2.62. The summed E-state index contributed by atoms with van der Waals surface area (Å²) in [7, 11) is 1.70. The van der Waals surface area contributed by atoms with Gasteiger partial charge in [-0.15, -0.1) is 0 Å². The summed E-state index contributed by atoms with van der Waals surface area (Å²) in [4.78, 5) is 36.0. The second-order valence-electron chi connectivity index (χ2n) is 6.31. The molecular formula is C14H24N2O4. The van der Waals surface area contributed by atoms with Gasteiger partial charge in [-0.3, -0.25) is 14.9 Å². The van der Waals surface area contributed by atoms with E-state index in [-0.39, 0.29) is 18.9 Å². The van der Waals surface area contributed by atoms with Crippen molar-refractivity contribution in [2.75, 3.05) is 7.05 Å². The van der Waals surface area contributed by atoms with Crippen LogP contribution in [-0.4, -0.2) is 41.0 Å². The number of urea groups is 1. The molecule has 0 aromatic carbocycles.